The zero-order valence-electron chi connectivity index (χ0n) is 11.5. The van der Waals surface area contributed by atoms with Crippen LogP contribution in [0.5, 0.6) is 0 Å². The number of benzene rings is 1. The predicted molar refractivity (Wildman–Crippen MR) is 77.4 cm³/mol. The van der Waals surface area contributed by atoms with Gasteiger partial charge in [-0.1, -0.05) is 18.2 Å². The van der Waals surface area contributed by atoms with Crippen LogP contribution in [-0.2, 0) is 24.8 Å². The van der Waals surface area contributed by atoms with Crippen LogP contribution < -0.4 is 10.2 Å². The van der Waals surface area contributed by atoms with Crippen LogP contribution in [0.1, 0.15) is 11.4 Å². The zero-order chi connectivity index (χ0) is 13.9. The molecule has 0 radical (unpaired) electrons. The smallest absolute Gasteiger partial charge is 0.240 e. The quantitative estimate of drug-likeness (QED) is 0.908. The van der Waals surface area contributed by atoms with Crippen LogP contribution in [0.2, 0.25) is 0 Å². The molecule has 1 aromatic carbocycles. The first-order chi connectivity index (χ1) is 9.75. The standard InChI is InChI=1S/C15H18N4O/c1-18-9-7-17-14(18)6-8-19-13-5-3-2-4-12(13)10-16-11-15(19)20/h2-5,7,9,16H,6,8,10-11H2,1H3. The van der Waals surface area contributed by atoms with Crippen molar-refractivity contribution < 1.29 is 4.79 Å². The molecule has 1 amide bonds. The van der Waals surface area contributed by atoms with Gasteiger partial charge in [0.25, 0.3) is 0 Å². The Hall–Kier alpha value is -2.14. The molecule has 2 aromatic rings. The Morgan fingerprint density at radius 2 is 2.15 bits per heavy atom. The van der Waals surface area contributed by atoms with Gasteiger partial charge in [-0.2, -0.15) is 0 Å². The fraction of sp³-hybridized carbons (Fsp3) is 0.333. The third-order valence-corrected chi connectivity index (χ3v) is 3.66. The molecule has 104 valence electrons. The van der Waals surface area contributed by atoms with Crippen LogP contribution >= 0.6 is 0 Å². The molecule has 0 saturated carbocycles. The summed E-state index contributed by atoms with van der Waals surface area (Å²) in [6.45, 7) is 1.78. The average molecular weight is 270 g/mol. The maximum atomic E-state index is 12.3. The first-order valence-corrected chi connectivity index (χ1v) is 6.81. The van der Waals surface area contributed by atoms with Gasteiger partial charge in [-0.3, -0.25) is 4.79 Å². The summed E-state index contributed by atoms with van der Waals surface area (Å²) < 4.78 is 1.99. The van der Waals surface area contributed by atoms with Crippen molar-refractivity contribution in [3.8, 4) is 0 Å². The molecule has 0 atom stereocenters. The number of carbonyl (C=O) groups excluding carboxylic acids is 1. The van der Waals surface area contributed by atoms with Gasteiger partial charge in [0.15, 0.2) is 0 Å². The minimum atomic E-state index is 0.115. The van der Waals surface area contributed by atoms with Crippen LogP contribution in [0.15, 0.2) is 36.7 Å². The third-order valence-electron chi connectivity index (χ3n) is 3.66. The highest BCUT2D eigenvalue weighted by Crippen LogP contribution is 2.22. The largest absolute Gasteiger partial charge is 0.338 e. The number of nitrogens with one attached hydrogen (secondary N) is 1. The molecular formula is C15H18N4O. The van der Waals surface area contributed by atoms with E-state index in [1.807, 2.05) is 40.9 Å². The van der Waals surface area contributed by atoms with E-state index in [1.165, 1.54) is 0 Å². The third kappa shape index (κ3) is 2.44. The van der Waals surface area contributed by atoms with E-state index in [2.05, 4.69) is 16.4 Å². The number of hydrogen-bond acceptors (Lipinski definition) is 3. The van der Waals surface area contributed by atoms with Gasteiger partial charge in [0, 0.05) is 44.6 Å². The Bertz CT molecular complexity index is 620. The normalized spacial score (nSPS) is 15.1. The highest BCUT2D eigenvalue weighted by atomic mass is 16.2. The van der Waals surface area contributed by atoms with E-state index in [1.54, 1.807) is 6.20 Å². The van der Waals surface area contributed by atoms with Crippen molar-refractivity contribution in [3.05, 3.63) is 48.0 Å². The molecule has 0 aliphatic carbocycles. The Balaban J connectivity index is 1.83. The SMILES string of the molecule is Cn1ccnc1CCN1C(=O)CNCc2ccccc21. The van der Waals surface area contributed by atoms with Gasteiger partial charge >= 0.3 is 0 Å². The summed E-state index contributed by atoms with van der Waals surface area (Å²) in [6.07, 6.45) is 4.47. The zero-order valence-corrected chi connectivity index (χ0v) is 11.5. The first kappa shape index (κ1) is 12.9. The summed E-state index contributed by atoms with van der Waals surface area (Å²) in [5, 5.41) is 3.18. The molecule has 1 aromatic heterocycles. The molecule has 0 saturated heterocycles. The van der Waals surface area contributed by atoms with Crippen molar-refractivity contribution in [3.63, 3.8) is 0 Å². The van der Waals surface area contributed by atoms with Crippen molar-refractivity contribution >= 4 is 11.6 Å². The monoisotopic (exact) mass is 270 g/mol. The Kier molecular flexibility index (Phi) is 3.52. The molecule has 0 unspecified atom stereocenters. The van der Waals surface area contributed by atoms with E-state index < -0.39 is 0 Å². The van der Waals surface area contributed by atoms with Gasteiger partial charge in [-0.25, -0.2) is 4.98 Å². The lowest BCUT2D eigenvalue weighted by molar-refractivity contribution is -0.117. The van der Waals surface area contributed by atoms with Crippen LogP contribution in [0.3, 0.4) is 0 Å². The molecule has 0 bridgehead atoms. The summed E-state index contributed by atoms with van der Waals surface area (Å²) in [4.78, 5) is 18.4. The van der Waals surface area contributed by atoms with Crippen molar-refractivity contribution in [2.75, 3.05) is 18.0 Å². The van der Waals surface area contributed by atoms with Crippen LogP contribution in [0, 0.1) is 0 Å². The second-order valence-corrected chi connectivity index (χ2v) is 4.98. The lowest BCUT2D eigenvalue weighted by Gasteiger charge is -2.22. The number of rotatable bonds is 3. The molecule has 3 rings (SSSR count). The maximum absolute atomic E-state index is 12.3. The molecule has 0 fully saturated rings. The molecule has 20 heavy (non-hydrogen) atoms. The minimum absolute atomic E-state index is 0.115. The number of nitrogens with zero attached hydrogens (tertiary/aromatic N) is 3. The second kappa shape index (κ2) is 5.46. The lowest BCUT2D eigenvalue weighted by Crippen LogP contribution is -2.37. The summed E-state index contributed by atoms with van der Waals surface area (Å²) in [6, 6.07) is 8.06. The molecule has 5 nitrogen and oxygen atoms in total. The second-order valence-electron chi connectivity index (χ2n) is 4.98. The number of aromatic nitrogens is 2. The van der Waals surface area contributed by atoms with E-state index in [9.17, 15) is 4.79 Å². The van der Waals surface area contributed by atoms with Crippen molar-refractivity contribution in [1.82, 2.24) is 14.9 Å². The van der Waals surface area contributed by atoms with Crippen molar-refractivity contribution in [2.45, 2.75) is 13.0 Å². The minimum Gasteiger partial charge on any atom is -0.338 e. The molecule has 5 heteroatoms. The van der Waals surface area contributed by atoms with Crippen LogP contribution in [-0.4, -0.2) is 28.5 Å². The van der Waals surface area contributed by atoms with Gasteiger partial charge in [0.2, 0.25) is 5.91 Å². The van der Waals surface area contributed by atoms with Crippen molar-refractivity contribution in [1.29, 1.82) is 0 Å². The number of carbonyl (C=O) groups is 1. The van der Waals surface area contributed by atoms with E-state index in [4.69, 9.17) is 0 Å². The molecule has 1 aliphatic rings. The van der Waals surface area contributed by atoms with E-state index in [0.717, 1.165) is 30.0 Å². The predicted octanol–water partition coefficient (Wildman–Crippen LogP) is 1.10. The molecule has 1 N–H and O–H groups in total. The van der Waals surface area contributed by atoms with Crippen LogP contribution in [0.4, 0.5) is 5.69 Å². The molecule has 2 heterocycles. The fourth-order valence-corrected chi connectivity index (χ4v) is 2.55. The Morgan fingerprint density at radius 1 is 1.30 bits per heavy atom. The number of fused-ring (bicyclic) bond motifs is 1. The topological polar surface area (TPSA) is 50.2 Å². The van der Waals surface area contributed by atoms with Gasteiger partial charge < -0.3 is 14.8 Å². The molecular weight excluding hydrogens is 252 g/mol. The number of para-hydroxylation sites is 1. The highest BCUT2D eigenvalue weighted by molar-refractivity contribution is 5.96. The number of hydrogen-bond donors (Lipinski definition) is 1. The summed E-state index contributed by atoms with van der Waals surface area (Å²) >= 11 is 0. The first-order valence-electron chi connectivity index (χ1n) is 6.81. The van der Waals surface area contributed by atoms with Crippen LogP contribution in [0.25, 0.3) is 0 Å². The number of amides is 1. The average Bonchev–Trinajstić information content (AvgIpc) is 2.78. The highest BCUT2D eigenvalue weighted by Gasteiger charge is 2.21. The lowest BCUT2D eigenvalue weighted by atomic mass is 10.1. The summed E-state index contributed by atoms with van der Waals surface area (Å²) in [5.41, 5.74) is 2.18. The molecule has 1 aliphatic heterocycles. The number of anilines is 1. The number of imidazole rings is 1. The molecule has 0 spiro atoms. The maximum Gasteiger partial charge on any atom is 0.240 e. The summed E-state index contributed by atoms with van der Waals surface area (Å²) in [5.74, 6) is 1.11. The van der Waals surface area contributed by atoms with E-state index in [0.29, 0.717) is 13.1 Å². The van der Waals surface area contributed by atoms with Gasteiger partial charge in [-0.15, -0.1) is 0 Å². The Labute approximate surface area is 118 Å². The Morgan fingerprint density at radius 3 is 2.95 bits per heavy atom. The van der Waals surface area contributed by atoms with E-state index in [-0.39, 0.29) is 5.91 Å². The summed E-state index contributed by atoms with van der Waals surface area (Å²) in [7, 11) is 1.97. The van der Waals surface area contributed by atoms with Gasteiger partial charge in [0.05, 0.1) is 6.54 Å². The fourth-order valence-electron chi connectivity index (χ4n) is 2.55. The van der Waals surface area contributed by atoms with Gasteiger partial charge in [0.1, 0.15) is 5.82 Å². The van der Waals surface area contributed by atoms with Gasteiger partial charge in [-0.05, 0) is 11.6 Å². The van der Waals surface area contributed by atoms with Crippen molar-refractivity contribution in [2.24, 2.45) is 7.05 Å². The number of aryl methyl sites for hydroxylation is 1. The van der Waals surface area contributed by atoms with E-state index >= 15 is 0 Å².